The van der Waals surface area contributed by atoms with Crippen LogP contribution in [-0.4, -0.2) is 5.11 Å². The molecule has 0 aliphatic rings. The molecule has 0 amide bonds. The summed E-state index contributed by atoms with van der Waals surface area (Å²) in [7, 11) is 0. The summed E-state index contributed by atoms with van der Waals surface area (Å²) in [6.07, 6.45) is 7.10. The van der Waals surface area contributed by atoms with Gasteiger partial charge in [0.1, 0.15) is 0 Å². The van der Waals surface area contributed by atoms with E-state index in [1.165, 1.54) is 4.88 Å². The van der Waals surface area contributed by atoms with E-state index in [9.17, 15) is 5.11 Å². The van der Waals surface area contributed by atoms with Gasteiger partial charge in [0.2, 0.25) is 0 Å². The Labute approximate surface area is 83.4 Å². The molecule has 1 heterocycles. The smallest absolute Gasteiger partial charge is 0.0891 e. The zero-order chi connectivity index (χ0) is 9.68. The van der Waals surface area contributed by atoms with Gasteiger partial charge in [-0.1, -0.05) is 6.92 Å². The van der Waals surface area contributed by atoms with E-state index >= 15 is 0 Å². The molecule has 1 atom stereocenters. The van der Waals surface area contributed by atoms with Crippen molar-refractivity contribution in [2.24, 2.45) is 0 Å². The molecule has 1 aromatic heterocycles. The van der Waals surface area contributed by atoms with Crippen LogP contribution in [0.5, 0.6) is 0 Å². The highest BCUT2D eigenvalue weighted by molar-refractivity contribution is 7.12. The molecule has 0 aliphatic carbocycles. The molecule has 1 rings (SSSR count). The normalized spacial score (nSPS) is 12.4. The van der Waals surface area contributed by atoms with E-state index in [4.69, 9.17) is 6.42 Å². The summed E-state index contributed by atoms with van der Waals surface area (Å²) in [4.78, 5) is 2.35. The highest BCUT2D eigenvalue weighted by Gasteiger charge is 2.08. The summed E-state index contributed by atoms with van der Waals surface area (Å²) < 4.78 is 0. The molecule has 0 aliphatic heterocycles. The molecule has 0 saturated heterocycles. The van der Waals surface area contributed by atoms with Crippen molar-refractivity contribution in [3.63, 3.8) is 0 Å². The second-order valence-electron chi connectivity index (χ2n) is 2.92. The van der Waals surface area contributed by atoms with Gasteiger partial charge in [-0.15, -0.1) is 23.7 Å². The number of aliphatic hydroxyl groups excluding tert-OH is 1. The van der Waals surface area contributed by atoms with Crippen LogP contribution in [0, 0.1) is 12.3 Å². The molecule has 1 N–H and O–H groups in total. The third kappa shape index (κ3) is 2.87. The lowest BCUT2D eigenvalue weighted by atomic mass is 10.2. The number of rotatable bonds is 4. The fourth-order valence-corrected chi connectivity index (χ4v) is 2.10. The van der Waals surface area contributed by atoms with Crippen LogP contribution < -0.4 is 0 Å². The Bertz CT molecular complexity index is 295. The molecular weight excluding hydrogens is 180 g/mol. The first-order valence-electron chi connectivity index (χ1n) is 4.48. The van der Waals surface area contributed by atoms with Crippen molar-refractivity contribution >= 4 is 11.3 Å². The lowest BCUT2D eigenvalue weighted by Gasteiger charge is -2.04. The van der Waals surface area contributed by atoms with E-state index in [0.29, 0.717) is 12.8 Å². The maximum Gasteiger partial charge on any atom is 0.0891 e. The van der Waals surface area contributed by atoms with Crippen molar-refractivity contribution in [2.75, 3.05) is 0 Å². The average molecular weight is 194 g/mol. The Balaban J connectivity index is 2.56. The quantitative estimate of drug-likeness (QED) is 0.731. The van der Waals surface area contributed by atoms with Gasteiger partial charge in [0.15, 0.2) is 0 Å². The van der Waals surface area contributed by atoms with Crippen LogP contribution >= 0.6 is 11.3 Å². The molecule has 0 fully saturated rings. The second-order valence-corrected chi connectivity index (χ2v) is 4.12. The average Bonchev–Trinajstić information content (AvgIpc) is 2.62. The van der Waals surface area contributed by atoms with Crippen LogP contribution in [0.15, 0.2) is 12.1 Å². The minimum Gasteiger partial charge on any atom is -0.388 e. The van der Waals surface area contributed by atoms with Crippen LogP contribution in [0.2, 0.25) is 0 Å². The number of terminal acetylenes is 1. The van der Waals surface area contributed by atoms with Gasteiger partial charge < -0.3 is 5.11 Å². The number of aryl methyl sites for hydroxylation is 1. The molecule has 1 unspecified atom stereocenters. The van der Waals surface area contributed by atoms with Gasteiger partial charge in [-0.05, 0) is 25.0 Å². The summed E-state index contributed by atoms with van der Waals surface area (Å²) in [6, 6.07) is 4.06. The largest absolute Gasteiger partial charge is 0.388 e. The summed E-state index contributed by atoms with van der Waals surface area (Å²) in [5.74, 6) is 2.53. The third-order valence-electron chi connectivity index (χ3n) is 1.92. The summed E-state index contributed by atoms with van der Waals surface area (Å²) in [6.45, 7) is 2.11. The van der Waals surface area contributed by atoms with E-state index in [1.54, 1.807) is 11.3 Å². The minimum absolute atomic E-state index is 0.374. The first-order valence-corrected chi connectivity index (χ1v) is 5.29. The number of hydrogen-bond acceptors (Lipinski definition) is 2. The van der Waals surface area contributed by atoms with Crippen LogP contribution in [0.3, 0.4) is 0 Å². The molecule has 0 bridgehead atoms. The number of aliphatic hydroxyl groups is 1. The van der Waals surface area contributed by atoms with E-state index in [1.807, 2.05) is 6.07 Å². The topological polar surface area (TPSA) is 20.2 Å². The Morgan fingerprint density at radius 3 is 2.92 bits per heavy atom. The maximum atomic E-state index is 9.68. The fourth-order valence-electron chi connectivity index (χ4n) is 1.13. The minimum atomic E-state index is -0.374. The van der Waals surface area contributed by atoms with E-state index in [-0.39, 0.29) is 6.10 Å². The fraction of sp³-hybridized carbons (Fsp3) is 0.455. The summed E-state index contributed by atoms with van der Waals surface area (Å²) in [5, 5.41) is 9.68. The van der Waals surface area contributed by atoms with Gasteiger partial charge >= 0.3 is 0 Å². The van der Waals surface area contributed by atoms with E-state index in [0.717, 1.165) is 11.3 Å². The van der Waals surface area contributed by atoms with Crippen molar-refractivity contribution in [1.29, 1.82) is 0 Å². The van der Waals surface area contributed by atoms with E-state index in [2.05, 4.69) is 18.9 Å². The predicted molar refractivity (Wildman–Crippen MR) is 56.7 cm³/mol. The summed E-state index contributed by atoms with van der Waals surface area (Å²) in [5.41, 5.74) is 0. The van der Waals surface area contributed by atoms with Crippen LogP contribution in [0.4, 0.5) is 0 Å². The Hall–Kier alpha value is -0.780. The molecule has 1 aromatic rings. The van der Waals surface area contributed by atoms with Gasteiger partial charge in [0, 0.05) is 16.2 Å². The monoisotopic (exact) mass is 194 g/mol. The van der Waals surface area contributed by atoms with Gasteiger partial charge in [0.05, 0.1) is 6.10 Å². The van der Waals surface area contributed by atoms with Crippen LogP contribution in [0.1, 0.15) is 35.6 Å². The predicted octanol–water partition coefficient (Wildman–Crippen LogP) is 2.76. The van der Waals surface area contributed by atoms with Crippen LogP contribution in [0.25, 0.3) is 0 Å². The van der Waals surface area contributed by atoms with Crippen molar-refractivity contribution in [3.05, 3.63) is 21.9 Å². The Morgan fingerprint density at radius 1 is 1.62 bits per heavy atom. The zero-order valence-corrected chi connectivity index (χ0v) is 8.60. The molecule has 70 valence electrons. The van der Waals surface area contributed by atoms with Crippen molar-refractivity contribution in [2.45, 2.75) is 32.3 Å². The molecule has 2 heteroatoms. The van der Waals surface area contributed by atoms with Crippen molar-refractivity contribution in [1.82, 2.24) is 0 Å². The zero-order valence-electron chi connectivity index (χ0n) is 7.79. The van der Waals surface area contributed by atoms with Crippen molar-refractivity contribution in [3.8, 4) is 12.3 Å². The molecule has 0 spiro atoms. The first kappa shape index (κ1) is 10.3. The highest BCUT2D eigenvalue weighted by Crippen LogP contribution is 2.26. The van der Waals surface area contributed by atoms with Gasteiger partial charge in [-0.2, -0.15) is 0 Å². The maximum absolute atomic E-state index is 9.68. The lowest BCUT2D eigenvalue weighted by Crippen LogP contribution is -1.92. The van der Waals surface area contributed by atoms with Gasteiger partial charge in [0.25, 0.3) is 0 Å². The van der Waals surface area contributed by atoms with E-state index < -0.39 is 0 Å². The molecule has 13 heavy (non-hydrogen) atoms. The Morgan fingerprint density at radius 2 is 2.38 bits per heavy atom. The molecule has 0 saturated carbocycles. The standard InChI is InChI=1S/C11H14OS/c1-3-5-6-10(12)11-8-7-9(4-2)13-11/h1,7-8,10,12H,4-6H2,2H3. The van der Waals surface area contributed by atoms with Gasteiger partial charge in [-0.3, -0.25) is 0 Å². The molecule has 0 radical (unpaired) electrons. The Kier molecular flexibility index (Phi) is 4.01. The SMILES string of the molecule is C#CCCC(O)c1ccc(CC)s1. The first-order chi connectivity index (χ1) is 6.27. The molecule has 0 aromatic carbocycles. The van der Waals surface area contributed by atoms with Gasteiger partial charge in [-0.25, -0.2) is 0 Å². The second kappa shape index (κ2) is 5.06. The molecular formula is C11H14OS. The molecule has 1 nitrogen and oxygen atoms in total. The lowest BCUT2D eigenvalue weighted by molar-refractivity contribution is 0.173. The van der Waals surface area contributed by atoms with Crippen LogP contribution in [-0.2, 0) is 6.42 Å². The highest BCUT2D eigenvalue weighted by atomic mass is 32.1. The number of hydrogen-bond donors (Lipinski definition) is 1. The van der Waals surface area contributed by atoms with Crippen molar-refractivity contribution < 1.29 is 5.11 Å². The third-order valence-corrected chi connectivity index (χ3v) is 3.25. The summed E-state index contributed by atoms with van der Waals surface area (Å²) >= 11 is 1.67. The number of thiophene rings is 1.